The summed E-state index contributed by atoms with van der Waals surface area (Å²) in [6.07, 6.45) is 5.68. The topological polar surface area (TPSA) is 32.3 Å². The van der Waals surface area contributed by atoms with Gasteiger partial charge in [-0.15, -0.1) is 11.3 Å². The van der Waals surface area contributed by atoms with E-state index in [-0.39, 0.29) is 12.1 Å². The van der Waals surface area contributed by atoms with Crippen molar-refractivity contribution < 1.29 is 4.79 Å². The summed E-state index contributed by atoms with van der Waals surface area (Å²) < 4.78 is 0. The highest BCUT2D eigenvalue weighted by atomic mass is 32.1. The third-order valence-electron chi connectivity index (χ3n) is 4.84. The van der Waals surface area contributed by atoms with E-state index in [1.54, 1.807) is 11.3 Å². The van der Waals surface area contributed by atoms with Crippen LogP contribution in [-0.2, 0) is 13.0 Å². The lowest BCUT2D eigenvalue weighted by Crippen LogP contribution is -2.44. The van der Waals surface area contributed by atoms with Crippen LogP contribution in [0.1, 0.15) is 47.7 Å². The van der Waals surface area contributed by atoms with Gasteiger partial charge >= 0.3 is 6.03 Å². The quantitative estimate of drug-likeness (QED) is 0.881. The van der Waals surface area contributed by atoms with Gasteiger partial charge in [-0.2, -0.15) is 0 Å². The standard InChI is InChI=1S/C19H22N2OS/c22-19(20-13-16-7-4-12-23-16)21(15-10-11-15)18-9-3-6-14-5-1-2-8-17(14)18/h1-2,4-5,7-8,12,15,18H,3,6,9-11,13H2,(H,20,22). The molecule has 1 unspecified atom stereocenters. The smallest absolute Gasteiger partial charge is 0.318 e. The Balaban J connectivity index is 1.53. The maximum atomic E-state index is 12.8. The van der Waals surface area contributed by atoms with Crippen molar-refractivity contribution in [3.05, 3.63) is 57.8 Å². The van der Waals surface area contributed by atoms with E-state index in [1.807, 2.05) is 6.07 Å². The Hall–Kier alpha value is -1.81. The second kappa shape index (κ2) is 6.36. The normalized spacial score (nSPS) is 19.9. The molecule has 0 saturated heterocycles. The number of thiophene rings is 1. The zero-order chi connectivity index (χ0) is 15.6. The Morgan fingerprint density at radius 1 is 1.17 bits per heavy atom. The largest absolute Gasteiger partial charge is 0.333 e. The van der Waals surface area contributed by atoms with Gasteiger partial charge in [-0.05, 0) is 54.7 Å². The molecule has 0 spiro atoms. The van der Waals surface area contributed by atoms with Gasteiger partial charge in [-0.1, -0.05) is 30.3 Å². The Morgan fingerprint density at radius 2 is 2.04 bits per heavy atom. The molecule has 2 aliphatic carbocycles. The molecule has 0 radical (unpaired) electrons. The lowest BCUT2D eigenvalue weighted by Gasteiger charge is -2.36. The number of nitrogens with one attached hydrogen (secondary N) is 1. The molecule has 0 aliphatic heterocycles. The highest BCUT2D eigenvalue weighted by molar-refractivity contribution is 7.09. The maximum Gasteiger partial charge on any atom is 0.318 e. The third kappa shape index (κ3) is 3.13. The van der Waals surface area contributed by atoms with E-state index < -0.39 is 0 Å². The van der Waals surface area contributed by atoms with Gasteiger partial charge in [0.25, 0.3) is 0 Å². The molecule has 2 amide bonds. The monoisotopic (exact) mass is 326 g/mol. The number of nitrogens with zero attached hydrogens (tertiary/aromatic N) is 1. The summed E-state index contributed by atoms with van der Waals surface area (Å²) >= 11 is 1.69. The van der Waals surface area contributed by atoms with Crippen LogP contribution in [-0.4, -0.2) is 17.0 Å². The second-order valence-electron chi connectivity index (χ2n) is 6.48. The van der Waals surface area contributed by atoms with Crippen molar-refractivity contribution in [1.29, 1.82) is 0 Å². The van der Waals surface area contributed by atoms with E-state index in [9.17, 15) is 4.79 Å². The first-order chi connectivity index (χ1) is 11.3. The maximum absolute atomic E-state index is 12.8. The van der Waals surface area contributed by atoms with Crippen LogP contribution in [0, 0.1) is 0 Å². The summed E-state index contributed by atoms with van der Waals surface area (Å²) in [5.41, 5.74) is 2.78. The van der Waals surface area contributed by atoms with E-state index >= 15 is 0 Å². The minimum Gasteiger partial charge on any atom is -0.333 e. The molecule has 1 N–H and O–H groups in total. The van der Waals surface area contributed by atoms with Crippen molar-refractivity contribution in [2.75, 3.05) is 0 Å². The minimum atomic E-state index is 0.0996. The highest BCUT2D eigenvalue weighted by Gasteiger charge is 2.39. The first-order valence-electron chi connectivity index (χ1n) is 8.49. The molecule has 23 heavy (non-hydrogen) atoms. The molecule has 1 aromatic heterocycles. The summed E-state index contributed by atoms with van der Waals surface area (Å²) in [5, 5.41) is 5.19. The predicted molar refractivity (Wildman–Crippen MR) is 93.5 cm³/mol. The van der Waals surface area contributed by atoms with Gasteiger partial charge < -0.3 is 10.2 Å². The summed E-state index contributed by atoms with van der Waals surface area (Å²) in [7, 11) is 0. The van der Waals surface area contributed by atoms with E-state index in [0.29, 0.717) is 12.6 Å². The van der Waals surface area contributed by atoms with Crippen molar-refractivity contribution in [1.82, 2.24) is 10.2 Å². The Morgan fingerprint density at radius 3 is 2.83 bits per heavy atom. The van der Waals surface area contributed by atoms with Crippen LogP contribution in [0.3, 0.4) is 0 Å². The first-order valence-corrected chi connectivity index (χ1v) is 9.37. The number of amides is 2. The molecule has 1 fully saturated rings. The van der Waals surface area contributed by atoms with Gasteiger partial charge in [0.05, 0.1) is 12.6 Å². The molecular formula is C19H22N2OS. The van der Waals surface area contributed by atoms with Crippen LogP contribution in [0.25, 0.3) is 0 Å². The number of fused-ring (bicyclic) bond motifs is 1. The summed E-state index contributed by atoms with van der Waals surface area (Å²) in [5.74, 6) is 0. The third-order valence-corrected chi connectivity index (χ3v) is 5.72. The molecule has 3 nitrogen and oxygen atoms in total. The molecule has 120 valence electrons. The fourth-order valence-corrected chi connectivity index (χ4v) is 4.24. The van der Waals surface area contributed by atoms with Crippen LogP contribution in [0.4, 0.5) is 4.79 Å². The molecule has 4 heteroatoms. The highest BCUT2D eigenvalue weighted by Crippen LogP contribution is 2.40. The van der Waals surface area contributed by atoms with Crippen LogP contribution in [0.5, 0.6) is 0 Å². The molecule has 2 aliphatic rings. The van der Waals surface area contributed by atoms with Gasteiger partial charge in [0.15, 0.2) is 0 Å². The van der Waals surface area contributed by atoms with Crippen molar-refractivity contribution in [3.63, 3.8) is 0 Å². The van der Waals surface area contributed by atoms with E-state index in [2.05, 4.69) is 45.9 Å². The van der Waals surface area contributed by atoms with Crippen molar-refractivity contribution >= 4 is 17.4 Å². The SMILES string of the molecule is O=C(NCc1cccs1)N(C1CC1)C1CCCc2ccccc21. The average molecular weight is 326 g/mol. The van der Waals surface area contributed by atoms with Crippen LogP contribution in [0.2, 0.25) is 0 Å². The Labute approximate surface area is 141 Å². The first kappa shape index (κ1) is 14.8. The number of urea groups is 1. The number of hydrogen-bond acceptors (Lipinski definition) is 2. The number of hydrogen-bond donors (Lipinski definition) is 1. The fourth-order valence-electron chi connectivity index (χ4n) is 3.60. The van der Waals surface area contributed by atoms with E-state index in [1.165, 1.54) is 22.4 Å². The number of carbonyl (C=O) groups excluding carboxylic acids is 1. The summed E-state index contributed by atoms with van der Waals surface area (Å²) in [6.45, 7) is 0.633. The fraction of sp³-hybridized carbons (Fsp3) is 0.421. The number of rotatable bonds is 4. The van der Waals surface area contributed by atoms with Gasteiger partial charge in [-0.3, -0.25) is 0 Å². The molecule has 1 saturated carbocycles. The van der Waals surface area contributed by atoms with Crippen LogP contribution < -0.4 is 5.32 Å². The summed E-state index contributed by atoms with van der Waals surface area (Å²) in [6, 6.07) is 13.5. The lowest BCUT2D eigenvalue weighted by molar-refractivity contribution is 0.161. The molecular weight excluding hydrogens is 304 g/mol. The molecule has 1 atom stereocenters. The van der Waals surface area contributed by atoms with Crippen LogP contribution in [0.15, 0.2) is 41.8 Å². The summed E-state index contributed by atoms with van der Waals surface area (Å²) in [4.78, 5) is 16.2. The molecule has 1 heterocycles. The van der Waals surface area contributed by atoms with Crippen molar-refractivity contribution in [3.8, 4) is 0 Å². The lowest BCUT2D eigenvalue weighted by atomic mass is 9.87. The van der Waals surface area contributed by atoms with Crippen molar-refractivity contribution in [2.45, 2.75) is 50.7 Å². The molecule has 4 rings (SSSR count). The molecule has 2 aromatic rings. The van der Waals surface area contributed by atoms with Gasteiger partial charge in [0.2, 0.25) is 0 Å². The van der Waals surface area contributed by atoms with Gasteiger partial charge in [0.1, 0.15) is 0 Å². The number of carbonyl (C=O) groups is 1. The molecule has 1 aromatic carbocycles. The zero-order valence-electron chi connectivity index (χ0n) is 13.2. The minimum absolute atomic E-state index is 0.0996. The van der Waals surface area contributed by atoms with Crippen molar-refractivity contribution in [2.24, 2.45) is 0 Å². The van der Waals surface area contributed by atoms with Gasteiger partial charge in [0, 0.05) is 10.9 Å². The van der Waals surface area contributed by atoms with E-state index in [4.69, 9.17) is 0 Å². The van der Waals surface area contributed by atoms with E-state index in [0.717, 1.165) is 25.7 Å². The second-order valence-corrected chi connectivity index (χ2v) is 7.52. The average Bonchev–Trinajstić information content (AvgIpc) is 3.27. The Bertz CT molecular complexity index is 678. The Kier molecular flexibility index (Phi) is 4.08. The zero-order valence-corrected chi connectivity index (χ0v) is 14.0. The van der Waals surface area contributed by atoms with Gasteiger partial charge in [-0.25, -0.2) is 4.79 Å². The predicted octanol–water partition coefficient (Wildman–Crippen LogP) is 4.50. The molecule has 0 bridgehead atoms. The number of benzene rings is 1. The van der Waals surface area contributed by atoms with Crippen LogP contribution >= 0.6 is 11.3 Å². The number of aryl methyl sites for hydroxylation is 1.